The molecule has 4 heteroatoms. The summed E-state index contributed by atoms with van der Waals surface area (Å²) in [5, 5.41) is 5.46. The number of rotatable bonds is 1. The minimum atomic E-state index is -0.235. The van der Waals surface area contributed by atoms with Gasteiger partial charge in [-0.2, -0.15) is 0 Å². The Bertz CT molecular complexity index is 3600. The van der Waals surface area contributed by atoms with E-state index >= 15 is 0 Å². The molecule has 0 radical (unpaired) electrons. The molecule has 2 aromatic heterocycles. The van der Waals surface area contributed by atoms with Crippen LogP contribution in [-0.2, 0) is 27.1 Å². The van der Waals surface area contributed by atoms with Gasteiger partial charge in [0.2, 0.25) is 0 Å². The zero-order valence-electron chi connectivity index (χ0n) is 40.3. The minimum Gasteiger partial charge on any atom is -0.376 e. The fourth-order valence-corrected chi connectivity index (χ4v) is 14.1. The Morgan fingerprint density at radius 1 is 0.554 bits per heavy atom. The van der Waals surface area contributed by atoms with E-state index in [9.17, 15) is 0 Å². The smallest absolute Gasteiger partial charge is 0.333 e. The zero-order chi connectivity index (χ0) is 45.1. The van der Waals surface area contributed by atoms with Crippen LogP contribution in [0.5, 0.6) is 0 Å². The summed E-state index contributed by atoms with van der Waals surface area (Å²) in [5.41, 5.74) is 23.7. The van der Waals surface area contributed by atoms with Gasteiger partial charge in [-0.1, -0.05) is 144 Å². The summed E-state index contributed by atoms with van der Waals surface area (Å²) >= 11 is 1.94. The van der Waals surface area contributed by atoms with E-state index in [4.69, 9.17) is 0 Å². The lowest BCUT2D eigenvalue weighted by atomic mass is 9.43. The largest absolute Gasteiger partial charge is 0.376 e. The molecule has 4 heterocycles. The molecule has 0 amide bonds. The predicted octanol–water partition coefficient (Wildman–Crippen LogP) is 15.6. The standard InChI is InChI=1S/C61H59BN2S/c1-57(2,3)34-21-24-36(25-22-34)64-47-32-44-43(59(7,8)27-28-60(44,9)10)30-41(47)53-54-51(38-18-13-15-19-42(38)61(54,11)12)52-40-29-35(58(4,5)6)23-26-46(40)63-48-31-39-37-17-14-16-20-49(37)65-50(39)33-45(48)62(64)55(53)56(52)63/h13-26,29-33H,27-28H2,1-12H3. The molecule has 0 atom stereocenters. The Hall–Kier alpha value is -5.58. The second kappa shape index (κ2) is 12.4. The van der Waals surface area contributed by atoms with Gasteiger partial charge in [0, 0.05) is 59.0 Å². The summed E-state index contributed by atoms with van der Waals surface area (Å²) in [6.07, 6.45) is 2.35. The molecule has 0 bridgehead atoms. The average Bonchev–Trinajstić information content (AvgIpc) is 3.88. The number of hydrogen-bond donors (Lipinski definition) is 0. The topological polar surface area (TPSA) is 8.17 Å². The molecule has 2 aliphatic carbocycles. The van der Waals surface area contributed by atoms with Crippen molar-refractivity contribution >= 4 is 82.5 Å². The SMILES string of the molecule is CC(C)(C)c1ccc(N2B3c4cc5sc6ccccc6c5cc4-n4c5ccc(C(C)(C)C)cc5c5c6c(c(c3c54)-c3cc4c(cc32)C(C)(C)CCC4(C)C)C(C)(C)c2ccccc2-6)cc1. The van der Waals surface area contributed by atoms with E-state index in [0.717, 1.165) is 0 Å². The fourth-order valence-electron chi connectivity index (χ4n) is 13.0. The van der Waals surface area contributed by atoms with Crippen molar-refractivity contribution in [3.8, 4) is 27.9 Å². The van der Waals surface area contributed by atoms with Crippen LogP contribution in [0.2, 0.25) is 0 Å². The molecule has 9 aromatic rings. The lowest BCUT2D eigenvalue weighted by molar-refractivity contribution is 0.332. The van der Waals surface area contributed by atoms with Crippen LogP contribution in [0.3, 0.4) is 0 Å². The van der Waals surface area contributed by atoms with Crippen molar-refractivity contribution in [1.82, 2.24) is 4.57 Å². The first kappa shape index (κ1) is 39.8. The van der Waals surface area contributed by atoms with Crippen LogP contribution in [-0.4, -0.2) is 11.4 Å². The highest BCUT2D eigenvalue weighted by atomic mass is 32.1. The van der Waals surface area contributed by atoms with Crippen molar-refractivity contribution in [2.75, 3.05) is 4.81 Å². The van der Waals surface area contributed by atoms with Crippen molar-refractivity contribution in [3.63, 3.8) is 0 Å². The number of thiophene rings is 1. The van der Waals surface area contributed by atoms with Gasteiger partial charge in [0.15, 0.2) is 0 Å². The van der Waals surface area contributed by atoms with Gasteiger partial charge in [0.1, 0.15) is 0 Å². The van der Waals surface area contributed by atoms with Crippen LogP contribution in [0, 0.1) is 0 Å². The van der Waals surface area contributed by atoms with Crippen LogP contribution in [0.15, 0.2) is 115 Å². The Morgan fingerprint density at radius 2 is 1.22 bits per heavy atom. The number of anilines is 2. The molecule has 65 heavy (non-hydrogen) atoms. The van der Waals surface area contributed by atoms with E-state index < -0.39 is 0 Å². The van der Waals surface area contributed by atoms with E-state index in [1.807, 2.05) is 11.3 Å². The molecule has 7 aromatic carbocycles. The Labute approximate surface area is 389 Å². The van der Waals surface area contributed by atoms with Crippen LogP contribution < -0.4 is 15.7 Å². The lowest BCUT2D eigenvalue weighted by Crippen LogP contribution is -2.61. The molecule has 322 valence electrons. The second-order valence-electron chi connectivity index (χ2n) is 24.0. The van der Waals surface area contributed by atoms with Crippen LogP contribution in [0.4, 0.5) is 11.4 Å². The number of fused-ring (bicyclic) bond motifs is 17. The Morgan fingerprint density at radius 3 is 1.94 bits per heavy atom. The summed E-state index contributed by atoms with van der Waals surface area (Å²) in [5.74, 6) is 0. The highest BCUT2D eigenvalue weighted by Gasteiger charge is 2.51. The molecule has 13 rings (SSSR count). The van der Waals surface area contributed by atoms with Gasteiger partial charge in [0.25, 0.3) is 0 Å². The molecule has 2 aliphatic heterocycles. The van der Waals surface area contributed by atoms with E-state index in [-0.39, 0.29) is 33.9 Å². The van der Waals surface area contributed by atoms with E-state index in [1.54, 1.807) is 0 Å². The molecule has 0 unspecified atom stereocenters. The van der Waals surface area contributed by atoms with E-state index in [2.05, 4.69) is 208 Å². The summed E-state index contributed by atoms with van der Waals surface area (Å²) in [6, 6.07) is 46.1. The normalized spacial score (nSPS) is 17.4. The first-order valence-corrected chi connectivity index (χ1v) is 24.9. The zero-order valence-corrected chi connectivity index (χ0v) is 41.1. The van der Waals surface area contributed by atoms with Crippen molar-refractivity contribution in [2.24, 2.45) is 0 Å². The first-order chi connectivity index (χ1) is 30.8. The fraction of sp³-hybridized carbons (Fsp3) is 0.311. The summed E-state index contributed by atoms with van der Waals surface area (Å²) in [6.45, 7) is 29.0. The summed E-state index contributed by atoms with van der Waals surface area (Å²) in [7, 11) is 0. The number of nitrogens with zero attached hydrogens (tertiary/aromatic N) is 2. The van der Waals surface area contributed by atoms with Crippen molar-refractivity contribution in [2.45, 2.75) is 123 Å². The molecular formula is C61H59BN2S. The minimum absolute atomic E-state index is 0.00577. The predicted molar refractivity (Wildman–Crippen MR) is 283 cm³/mol. The summed E-state index contributed by atoms with van der Waals surface area (Å²) < 4.78 is 5.42. The van der Waals surface area contributed by atoms with Crippen LogP contribution in [0.1, 0.15) is 129 Å². The van der Waals surface area contributed by atoms with Gasteiger partial charge in [-0.05, 0) is 150 Å². The highest BCUT2D eigenvalue weighted by molar-refractivity contribution is 7.26. The number of aromatic nitrogens is 1. The van der Waals surface area contributed by atoms with Crippen LogP contribution >= 0.6 is 11.3 Å². The second-order valence-corrected chi connectivity index (χ2v) is 25.1. The molecule has 0 saturated heterocycles. The quantitative estimate of drug-likeness (QED) is 0.149. The maximum atomic E-state index is 2.79. The third kappa shape index (κ3) is 5.13. The third-order valence-electron chi connectivity index (χ3n) is 16.7. The van der Waals surface area contributed by atoms with Crippen molar-refractivity contribution < 1.29 is 0 Å². The number of benzene rings is 7. The molecular weight excluding hydrogens is 804 g/mol. The maximum absolute atomic E-state index is 2.79. The monoisotopic (exact) mass is 862 g/mol. The molecule has 4 aliphatic rings. The van der Waals surface area contributed by atoms with Crippen molar-refractivity contribution in [1.29, 1.82) is 0 Å². The molecule has 2 nitrogen and oxygen atoms in total. The van der Waals surface area contributed by atoms with Gasteiger partial charge >= 0.3 is 6.85 Å². The van der Waals surface area contributed by atoms with Gasteiger partial charge in [-0.25, -0.2) is 0 Å². The van der Waals surface area contributed by atoms with Crippen molar-refractivity contribution in [3.05, 3.63) is 149 Å². The molecule has 0 fully saturated rings. The lowest BCUT2D eigenvalue weighted by Gasteiger charge is -2.47. The summed E-state index contributed by atoms with van der Waals surface area (Å²) in [4.78, 5) is 2.79. The third-order valence-corrected chi connectivity index (χ3v) is 17.8. The Kier molecular flexibility index (Phi) is 7.61. The average molecular weight is 863 g/mol. The van der Waals surface area contributed by atoms with E-state index in [0.29, 0.717) is 0 Å². The van der Waals surface area contributed by atoms with E-state index in [1.165, 1.54) is 138 Å². The van der Waals surface area contributed by atoms with Gasteiger partial charge in [-0.15, -0.1) is 11.3 Å². The van der Waals surface area contributed by atoms with Crippen LogP contribution in [0.25, 0.3) is 69.9 Å². The van der Waals surface area contributed by atoms with Gasteiger partial charge < -0.3 is 9.38 Å². The number of hydrogen-bond acceptors (Lipinski definition) is 2. The molecule has 0 N–H and O–H groups in total. The maximum Gasteiger partial charge on any atom is 0.333 e. The first-order valence-electron chi connectivity index (χ1n) is 24.1. The highest BCUT2D eigenvalue weighted by Crippen LogP contribution is 2.60. The molecule has 0 saturated carbocycles. The van der Waals surface area contributed by atoms with Gasteiger partial charge in [0.05, 0.1) is 11.0 Å². The van der Waals surface area contributed by atoms with Gasteiger partial charge in [-0.3, -0.25) is 0 Å². The molecule has 0 spiro atoms. The Balaban J connectivity index is 1.29.